The molecule has 1 amide bonds. The zero-order chi connectivity index (χ0) is 18.1. The summed E-state index contributed by atoms with van der Waals surface area (Å²) in [5.41, 5.74) is 2.81. The largest absolute Gasteiger partial charge is 0.486 e. The summed E-state index contributed by atoms with van der Waals surface area (Å²) in [5.74, 6) is 1.31. The first kappa shape index (κ1) is 16.8. The molecule has 1 aromatic heterocycles. The molecule has 2 aromatic carbocycles. The Balaban J connectivity index is 1.41. The molecule has 0 bridgehead atoms. The minimum absolute atomic E-state index is 0.234. The highest BCUT2D eigenvalue weighted by Gasteiger charge is 2.17. The topological polar surface area (TPSA) is 60.7 Å². The molecule has 6 heteroatoms. The number of furan rings is 1. The van der Waals surface area contributed by atoms with Gasteiger partial charge in [0.05, 0.1) is 5.02 Å². The number of ether oxygens (including phenoxy) is 2. The zero-order valence-electron chi connectivity index (χ0n) is 14.3. The number of halogens is 1. The molecule has 1 aliphatic heterocycles. The van der Waals surface area contributed by atoms with Gasteiger partial charge in [-0.05, 0) is 49.2 Å². The summed E-state index contributed by atoms with van der Waals surface area (Å²) in [6.45, 7) is 3.48. The van der Waals surface area contributed by atoms with Gasteiger partial charge < -0.3 is 19.2 Å². The third-order valence-electron chi connectivity index (χ3n) is 4.25. The standard InChI is InChI=1S/C20H18ClNO4/c1-12-2-3-16-14(8-12)11-18(26-16)20(23)22-5-4-13-9-15(21)19-17(10-13)24-6-7-25-19/h2-3,8-11H,4-7H2,1H3,(H,22,23). The fourth-order valence-electron chi connectivity index (χ4n) is 2.99. The Bertz CT molecular complexity index is 979. The maximum absolute atomic E-state index is 12.3. The zero-order valence-corrected chi connectivity index (χ0v) is 15.1. The van der Waals surface area contributed by atoms with Gasteiger partial charge in [0.15, 0.2) is 17.3 Å². The van der Waals surface area contributed by atoms with Crippen LogP contribution in [-0.4, -0.2) is 25.7 Å². The van der Waals surface area contributed by atoms with Crippen LogP contribution < -0.4 is 14.8 Å². The molecule has 0 saturated carbocycles. The van der Waals surface area contributed by atoms with Crippen molar-refractivity contribution in [1.29, 1.82) is 0 Å². The van der Waals surface area contributed by atoms with Gasteiger partial charge >= 0.3 is 0 Å². The summed E-state index contributed by atoms with van der Waals surface area (Å²) in [5, 5.41) is 4.32. The Morgan fingerprint density at radius 2 is 2.00 bits per heavy atom. The SMILES string of the molecule is Cc1ccc2oc(C(=O)NCCc3cc(Cl)c4c(c3)OCCO4)cc2c1. The van der Waals surface area contributed by atoms with Gasteiger partial charge in [0, 0.05) is 11.9 Å². The third-order valence-corrected chi connectivity index (χ3v) is 4.53. The van der Waals surface area contributed by atoms with Crippen LogP contribution in [0.25, 0.3) is 11.0 Å². The van der Waals surface area contributed by atoms with Crippen LogP contribution in [0, 0.1) is 6.92 Å². The summed E-state index contributed by atoms with van der Waals surface area (Å²) >= 11 is 6.24. The first-order valence-corrected chi connectivity index (χ1v) is 8.84. The van der Waals surface area contributed by atoms with E-state index in [0.29, 0.717) is 54.0 Å². The molecule has 0 aliphatic carbocycles. The Morgan fingerprint density at radius 3 is 2.88 bits per heavy atom. The number of nitrogens with one attached hydrogen (secondary N) is 1. The summed E-state index contributed by atoms with van der Waals surface area (Å²) in [6.07, 6.45) is 0.626. The number of amides is 1. The maximum atomic E-state index is 12.3. The number of hydrogen-bond acceptors (Lipinski definition) is 4. The molecular weight excluding hydrogens is 354 g/mol. The predicted octanol–water partition coefficient (Wildman–Crippen LogP) is 4.14. The molecule has 134 valence electrons. The number of benzene rings is 2. The molecule has 0 atom stereocenters. The lowest BCUT2D eigenvalue weighted by Crippen LogP contribution is -2.25. The van der Waals surface area contributed by atoms with Crippen molar-refractivity contribution < 1.29 is 18.7 Å². The van der Waals surface area contributed by atoms with Crippen molar-refractivity contribution in [2.75, 3.05) is 19.8 Å². The van der Waals surface area contributed by atoms with Crippen LogP contribution >= 0.6 is 11.6 Å². The van der Waals surface area contributed by atoms with Crippen molar-refractivity contribution in [2.45, 2.75) is 13.3 Å². The van der Waals surface area contributed by atoms with E-state index in [9.17, 15) is 4.79 Å². The van der Waals surface area contributed by atoms with Crippen LogP contribution in [0.5, 0.6) is 11.5 Å². The van der Waals surface area contributed by atoms with Crippen LogP contribution in [0.4, 0.5) is 0 Å². The number of carbonyl (C=O) groups is 1. The van der Waals surface area contributed by atoms with E-state index in [1.54, 1.807) is 6.07 Å². The number of aryl methyl sites for hydroxylation is 1. The highest BCUT2D eigenvalue weighted by Crippen LogP contribution is 2.38. The van der Waals surface area contributed by atoms with Crippen LogP contribution in [-0.2, 0) is 6.42 Å². The van der Waals surface area contributed by atoms with Gasteiger partial charge in [-0.2, -0.15) is 0 Å². The van der Waals surface area contributed by atoms with E-state index >= 15 is 0 Å². The highest BCUT2D eigenvalue weighted by molar-refractivity contribution is 6.32. The normalized spacial score (nSPS) is 13.0. The van der Waals surface area contributed by atoms with Crippen LogP contribution in [0.2, 0.25) is 5.02 Å². The van der Waals surface area contributed by atoms with E-state index < -0.39 is 0 Å². The average Bonchev–Trinajstić information content (AvgIpc) is 3.05. The number of rotatable bonds is 4. The van der Waals surface area contributed by atoms with Gasteiger partial charge in [-0.3, -0.25) is 4.79 Å². The molecule has 1 N–H and O–H groups in total. The first-order chi connectivity index (χ1) is 12.6. The summed E-state index contributed by atoms with van der Waals surface area (Å²) in [7, 11) is 0. The van der Waals surface area contributed by atoms with Gasteiger partial charge in [-0.15, -0.1) is 0 Å². The van der Waals surface area contributed by atoms with Crippen LogP contribution in [0.15, 0.2) is 40.8 Å². The van der Waals surface area contributed by atoms with Crippen molar-refractivity contribution >= 4 is 28.5 Å². The van der Waals surface area contributed by atoms with Crippen molar-refractivity contribution in [3.05, 3.63) is 58.3 Å². The van der Waals surface area contributed by atoms with E-state index in [1.807, 2.05) is 37.3 Å². The fourth-order valence-corrected chi connectivity index (χ4v) is 3.28. The highest BCUT2D eigenvalue weighted by atomic mass is 35.5. The summed E-state index contributed by atoms with van der Waals surface area (Å²) in [6, 6.07) is 11.3. The van der Waals surface area contributed by atoms with Crippen LogP contribution in [0.1, 0.15) is 21.7 Å². The molecule has 1 aliphatic rings. The molecule has 0 spiro atoms. The molecule has 0 radical (unpaired) electrons. The maximum Gasteiger partial charge on any atom is 0.287 e. The molecule has 0 fully saturated rings. The van der Waals surface area contributed by atoms with Gasteiger partial charge in [-0.25, -0.2) is 0 Å². The third kappa shape index (κ3) is 3.35. The second kappa shape index (κ2) is 6.92. The summed E-state index contributed by atoms with van der Waals surface area (Å²) < 4.78 is 16.7. The molecule has 4 rings (SSSR count). The van der Waals surface area contributed by atoms with Gasteiger partial charge in [0.1, 0.15) is 18.8 Å². The van der Waals surface area contributed by atoms with Crippen molar-refractivity contribution in [3.8, 4) is 11.5 Å². The van der Waals surface area contributed by atoms with Crippen molar-refractivity contribution in [2.24, 2.45) is 0 Å². The fraction of sp³-hybridized carbons (Fsp3) is 0.250. The number of carbonyl (C=O) groups excluding carboxylic acids is 1. The van der Waals surface area contributed by atoms with E-state index in [4.69, 9.17) is 25.5 Å². The number of hydrogen-bond donors (Lipinski definition) is 1. The lowest BCUT2D eigenvalue weighted by atomic mass is 10.1. The smallest absolute Gasteiger partial charge is 0.287 e. The van der Waals surface area contributed by atoms with Crippen molar-refractivity contribution in [1.82, 2.24) is 5.32 Å². The predicted molar refractivity (Wildman–Crippen MR) is 99.4 cm³/mol. The summed E-state index contributed by atoms with van der Waals surface area (Å²) in [4.78, 5) is 12.3. The second-order valence-corrected chi connectivity index (χ2v) is 6.67. The quantitative estimate of drug-likeness (QED) is 0.748. The lowest BCUT2D eigenvalue weighted by molar-refractivity contribution is 0.0928. The Kier molecular flexibility index (Phi) is 4.47. The molecule has 26 heavy (non-hydrogen) atoms. The van der Waals surface area contributed by atoms with Gasteiger partial charge in [0.2, 0.25) is 0 Å². The lowest BCUT2D eigenvalue weighted by Gasteiger charge is -2.20. The van der Waals surface area contributed by atoms with E-state index in [0.717, 1.165) is 16.5 Å². The molecule has 3 aromatic rings. The second-order valence-electron chi connectivity index (χ2n) is 6.26. The van der Waals surface area contributed by atoms with E-state index in [2.05, 4.69) is 5.32 Å². The molecule has 0 saturated heterocycles. The first-order valence-electron chi connectivity index (χ1n) is 8.46. The van der Waals surface area contributed by atoms with Gasteiger partial charge in [-0.1, -0.05) is 23.2 Å². The monoisotopic (exact) mass is 371 g/mol. The van der Waals surface area contributed by atoms with E-state index in [1.165, 1.54) is 0 Å². The Labute approximate surface area is 155 Å². The molecule has 0 unspecified atom stereocenters. The Morgan fingerprint density at radius 1 is 1.15 bits per heavy atom. The van der Waals surface area contributed by atoms with E-state index in [-0.39, 0.29) is 5.91 Å². The molecule has 5 nitrogen and oxygen atoms in total. The van der Waals surface area contributed by atoms with Crippen molar-refractivity contribution in [3.63, 3.8) is 0 Å². The Hall–Kier alpha value is -2.66. The van der Waals surface area contributed by atoms with Crippen LogP contribution in [0.3, 0.4) is 0 Å². The molecule has 2 heterocycles. The minimum atomic E-state index is -0.234. The molecular formula is C20H18ClNO4. The number of fused-ring (bicyclic) bond motifs is 2. The van der Waals surface area contributed by atoms with Gasteiger partial charge in [0.25, 0.3) is 5.91 Å². The minimum Gasteiger partial charge on any atom is -0.486 e. The average molecular weight is 372 g/mol.